The molecule has 2 heterocycles. The molecule has 0 spiro atoms. The minimum Gasteiger partial charge on any atom is -0.467 e. The van der Waals surface area contributed by atoms with Crippen molar-refractivity contribution in [3.05, 3.63) is 94.9 Å². The van der Waals surface area contributed by atoms with Crippen molar-refractivity contribution in [3.63, 3.8) is 0 Å². The molecule has 2 aromatic carbocycles. The number of hydrogen-bond donors (Lipinski definition) is 0. The van der Waals surface area contributed by atoms with Crippen LogP contribution in [0.3, 0.4) is 0 Å². The molecule has 4 rings (SSSR count). The van der Waals surface area contributed by atoms with Gasteiger partial charge in [0.25, 0.3) is 17.7 Å². The van der Waals surface area contributed by atoms with E-state index in [1.807, 2.05) is 37.3 Å². The number of ether oxygens (including phenoxy) is 1. The average molecular weight is 446 g/mol. The number of imide groups is 1. The van der Waals surface area contributed by atoms with Crippen LogP contribution in [0.2, 0.25) is 0 Å². The predicted octanol–water partition coefficient (Wildman–Crippen LogP) is 3.45. The molecule has 1 unspecified atom stereocenters. The molecule has 168 valence electrons. The van der Waals surface area contributed by atoms with Crippen molar-refractivity contribution in [1.29, 1.82) is 0 Å². The van der Waals surface area contributed by atoms with Crippen LogP contribution in [0.1, 0.15) is 55.4 Å². The van der Waals surface area contributed by atoms with Crippen molar-refractivity contribution in [3.8, 4) is 0 Å². The van der Waals surface area contributed by atoms with Gasteiger partial charge < -0.3 is 14.1 Å². The van der Waals surface area contributed by atoms with Crippen LogP contribution in [0.25, 0.3) is 0 Å². The monoisotopic (exact) mass is 446 g/mol. The molecule has 8 heteroatoms. The standard InChI is InChI=1S/C25H22N2O6/c1-16(17-7-4-3-5-8-17)26(2)22(28)15-33-25(31)18-10-11-20-21(13-18)24(30)27(23(20)29)14-19-9-6-12-32-19/h3-13,16H,14-15H2,1-2H3. The molecule has 8 nitrogen and oxygen atoms in total. The molecule has 0 N–H and O–H groups in total. The first kappa shape index (κ1) is 22.0. The number of rotatable bonds is 7. The van der Waals surface area contributed by atoms with E-state index in [1.165, 1.54) is 29.4 Å². The fraction of sp³-hybridized carbons (Fsp3) is 0.200. The van der Waals surface area contributed by atoms with E-state index in [1.54, 1.807) is 19.2 Å². The van der Waals surface area contributed by atoms with Gasteiger partial charge in [0, 0.05) is 7.05 Å². The van der Waals surface area contributed by atoms with Gasteiger partial charge in [-0.2, -0.15) is 0 Å². The zero-order valence-corrected chi connectivity index (χ0v) is 18.2. The third-order valence-electron chi connectivity index (χ3n) is 5.68. The predicted molar refractivity (Wildman–Crippen MR) is 117 cm³/mol. The Hall–Kier alpha value is -4.20. The Kier molecular flexibility index (Phi) is 6.08. The van der Waals surface area contributed by atoms with Gasteiger partial charge >= 0.3 is 5.97 Å². The molecular formula is C25H22N2O6. The SMILES string of the molecule is CC(c1ccccc1)N(C)C(=O)COC(=O)c1ccc2c(c1)C(=O)N(Cc1ccco1)C2=O. The Labute approximate surface area is 190 Å². The minimum absolute atomic E-state index is 0.000435. The van der Waals surface area contributed by atoms with E-state index in [4.69, 9.17) is 9.15 Å². The van der Waals surface area contributed by atoms with Crippen molar-refractivity contribution < 1.29 is 28.3 Å². The normalized spacial score (nSPS) is 13.6. The van der Waals surface area contributed by atoms with E-state index >= 15 is 0 Å². The Morgan fingerprint density at radius 1 is 1.00 bits per heavy atom. The molecule has 1 aromatic heterocycles. The minimum atomic E-state index is -0.753. The highest BCUT2D eigenvalue weighted by Gasteiger charge is 2.36. The van der Waals surface area contributed by atoms with Gasteiger partial charge in [-0.15, -0.1) is 0 Å². The maximum Gasteiger partial charge on any atom is 0.338 e. The van der Waals surface area contributed by atoms with Gasteiger partial charge in [-0.1, -0.05) is 30.3 Å². The lowest BCUT2D eigenvalue weighted by atomic mass is 10.1. The third-order valence-corrected chi connectivity index (χ3v) is 5.68. The van der Waals surface area contributed by atoms with Gasteiger partial charge in [0.1, 0.15) is 5.76 Å². The second-order valence-corrected chi connectivity index (χ2v) is 7.70. The zero-order chi connectivity index (χ0) is 23.5. The second-order valence-electron chi connectivity index (χ2n) is 7.70. The molecule has 0 radical (unpaired) electrons. The summed E-state index contributed by atoms with van der Waals surface area (Å²) in [5.74, 6) is -1.63. The molecule has 0 aliphatic carbocycles. The lowest BCUT2D eigenvalue weighted by Gasteiger charge is -2.25. The fourth-order valence-electron chi connectivity index (χ4n) is 3.60. The highest BCUT2D eigenvalue weighted by molar-refractivity contribution is 6.21. The molecule has 3 aromatic rings. The molecule has 0 fully saturated rings. The van der Waals surface area contributed by atoms with E-state index in [2.05, 4.69) is 0 Å². The van der Waals surface area contributed by atoms with Crippen LogP contribution < -0.4 is 0 Å². The largest absolute Gasteiger partial charge is 0.467 e. The van der Waals surface area contributed by atoms with E-state index in [9.17, 15) is 19.2 Å². The topological polar surface area (TPSA) is 97.1 Å². The van der Waals surface area contributed by atoms with Gasteiger partial charge in [-0.25, -0.2) is 4.79 Å². The van der Waals surface area contributed by atoms with Gasteiger partial charge in [0.2, 0.25) is 0 Å². The number of likely N-dealkylation sites (N-methyl/N-ethyl adjacent to an activating group) is 1. The lowest BCUT2D eigenvalue weighted by Crippen LogP contribution is -2.33. The van der Waals surface area contributed by atoms with Crippen LogP contribution in [-0.4, -0.2) is 47.1 Å². The maximum atomic E-state index is 12.7. The number of amides is 3. The number of fused-ring (bicyclic) bond motifs is 1. The molecular weight excluding hydrogens is 424 g/mol. The molecule has 1 aliphatic heterocycles. The van der Waals surface area contributed by atoms with Crippen molar-refractivity contribution in [2.45, 2.75) is 19.5 Å². The molecule has 0 bridgehead atoms. The number of nitrogens with zero attached hydrogens (tertiary/aromatic N) is 2. The summed E-state index contributed by atoms with van der Waals surface area (Å²) in [6, 6.07) is 16.8. The zero-order valence-electron chi connectivity index (χ0n) is 18.2. The van der Waals surface area contributed by atoms with Crippen molar-refractivity contribution in [1.82, 2.24) is 9.80 Å². The number of hydrogen-bond acceptors (Lipinski definition) is 6. The van der Waals surface area contributed by atoms with Crippen LogP contribution in [-0.2, 0) is 16.1 Å². The Morgan fingerprint density at radius 3 is 2.42 bits per heavy atom. The first-order valence-electron chi connectivity index (χ1n) is 10.4. The third kappa shape index (κ3) is 4.41. The summed E-state index contributed by atoms with van der Waals surface area (Å²) in [6.45, 7) is 1.44. The molecule has 1 aliphatic rings. The van der Waals surface area contributed by atoms with E-state index in [-0.39, 0.29) is 35.2 Å². The molecule has 33 heavy (non-hydrogen) atoms. The van der Waals surface area contributed by atoms with E-state index in [0.29, 0.717) is 5.76 Å². The molecule has 0 saturated heterocycles. The summed E-state index contributed by atoms with van der Waals surface area (Å²) in [5, 5.41) is 0. The second kappa shape index (κ2) is 9.12. The summed E-state index contributed by atoms with van der Waals surface area (Å²) in [7, 11) is 1.64. The van der Waals surface area contributed by atoms with Crippen molar-refractivity contribution in [2.75, 3.05) is 13.7 Å². The summed E-state index contributed by atoms with van der Waals surface area (Å²) in [5.41, 5.74) is 1.36. The van der Waals surface area contributed by atoms with Gasteiger partial charge in [0.15, 0.2) is 6.61 Å². The quantitative estimate of drug-likeness (QED) is 0.407. The van der Waals surface area contributed by atoms with Crippen LogP contribution >= 0.6 is 0 Å². The Bertz CT molecular complexity index is 1200. The Morgan fingerprint density at radius 2 is 1.73 bits per heavy atom. The van der Waals surface area contributed by atoms with Crippen LogP contribution in [0.5, 0.6) is 0 Å². The van der Waals surface area contributed by atoms with Crippen LogP contribution in [0.4, 0.5) is 0 Å². The molecule has 0 saturated carbocycles. The highest BCUT2D eigenvalue weighted by atomic mass is 16.5. The summed E-state index contributed by atoms with van der Waals surface area (Å²) < 4.78 is 10.4. The van der Waals surface area contributed by atoms with Gasteiger partial charge in [-0.3, -0.25) is 19.3 Å². The van der Waals surface area contributed by atoms with Crippen molar-refractivity contribution >= 4 is 23.7 Å². The average Bonchev–Trinajstić information content (AvgIpc) is 3.44. The van der Waals surface area contributed by atoms with Gasteiger partial charge in [0.05, 0.1) is 35.5 Å². The first-order valence-corrected chi connectivity index (χ1v) is 10.4. The molecule has 3 amide bonds. The van der Waals surface area contributed by atoms with Crippen molar-refractivity contribution in [2.24, 2.45) is 0 Å². The lowest BCUT2D eigenvalue weighted by molar-refractivity contribution is -0.135. The first-order chi connectivity index (χ1) is 15.9. The number of carbonyl (C=O) groups excluding carboxylic acids is 4. The van der Waals surface area contributed by atoms with Crippen LogP contribution in [0, 0.1) is 0 Å². The van der Waals surface area contributed by atoms with E-state index < -0.39 is 24.4 Å². The Balaban J connectivity index is 1.40. The number of carbonyl (C=O) groups is 4. The van der Waals surface area contributed by atoms with Gasteiger partial charge in [-0.05, 0) is 42.8 Å². The highest BCUT2D eigenvalue weighted by Crippen LogP contribution is 2.26. The fourth-order valence-corrected chi connectivity index (χ4v) is 3.60. The number of benzene rings is 2. The summed E-state index contributed by atoms with van der Waals surface area (Å²) in [6.07, 6.45) is 1.46. The maximum absolute atomic E-state index is 12.7. The van der Waals surface area contributed by atoms with E-state index in [0.717, 1.165) is 10.5 Å². The summed E-state index contributed by atoms with van der Waals surface area (Å²) >= 11 is 0. The molecule has 1 atom stereocenters. The number of esters is 1. The smallest absolute Gasteiger partial charge is 0.338 e. The number of furan rings is 1. The summed E-state index contributed by atoms with van der Waals surface area (Å²) in [4.78, 5) is 52.9. The van der Waals surface area contributed by atoms with Crippen LogP contribution in [0.15, 0.2) is 71.3 Å².